The van der Waals surface area contributed by atoms with Crippen LogP contribution in [0, 0.1) is 0 Å². The zero-order valence-corrected chi connectivity index (χ0v) is 14.8. The minimum absolute atomic E-state index is 0.470. The van der Waals surface area contributed by atoms with E-state index >= 15 is 0 Å². The first-order chi connectivity index (χ1) is 12.1. The molecule has 0 aliphatic carbocycles. The lowest BCUT2D eigenvalue weighted by atomic mass is 10.2. The number of carbonyl (C=O) groups excluding carboxylic acids is 1. The lowest BCUT2D eigenvalue weighted by Gasteiger charge is -2.10. The van der Waals surface area contributed by atoms with Gasteiger partial charge in [-0.1, -0.05) is 17.7 Å². The second-order valence-corrected chi connectivity index (χ2v) is 5.34. The summed E-state index contributed by atoms with van der Waals surface area (Å²) in [7, 11) is 0. The van der Waals surface area contributed by atoms with Gasteiger partial charge in [-0.3, -0.25) is 0 Å². The second-order valence-electron chi connectivity index (χ2n) is 4.90. The molecule has 2 rings (SSSR count). The van der Waals surface area contributed by atoms with Crippen LogP contribution in [-0.4, -0.2) is 25.5 Å². The number of amides is 2. The van der Waals surface area contributed by atoms with Crippen LogP contribution >= 0.6 is 11.6 Å². The Morgan fingerprint density at radius 2 is 1.96 bits per heavy atom. The van der Waals surface area contributed by atoms with Gasteiger partial charge in [0.05, 0.1) is 19.4 Å². The van der Waals surface area contributed by atoms with Crippen LogP contribution in [0.4, 0.5) is 10.5 Å². The molecule has 0 atom stereocenters. The Kier molecular flexibility index (Phi) is 7.10. The van der Waals surface area contributed by atoms with Crippen LogP contribution in [-0.2, 0) is 0 Å². The Bertz CT molecular complexity index is 750. The van der Waals surface area contributed by atoms with Crippen LogP contribution in [0.15, 0.2) is 47.6 Å². The van der Waals surface area contributed by atoms with Gasteiger partial charge in [0.15, 0.2) is 0 Å². The van der Waals surface area contributed by atoms with Gasteiger partial charge in [-0.25, -0.2) is 10.2 Å². The molecule has 0 spiro atoms. The van der Waals surface area contributed by atoms with Crippen molar-refractivity contribution in [3.8, 4) is 11.5 Å². The third kappa shape index (κ3) is 6.00. The fraction of sp³-hybridized carbons (Fsp3) is 0.222. The predicted octanol–water partition coefficient (Wildman–Crippen LogP) is 4.29. The van der Waals surface area contributed by atoms with Crippen LogP contribution in [0.5, 0.6) is 11.5 Å². The summed E-state index contributed by atoms with van der Waals surface area (Å²) in [5, 5.41) is 7.11. The molecule has 2 N–H and O–H groups in total. The van der Waals surface area contributed by atoms with Crippen LogP contribution in [0.2, 0.25) is 5.02 Å². The molecule has 0 radical (unpaired) electrons. The van der Waals surface area contributed by atoms with Crippen molar-refractivity contribution in [2.75, 3.05) is 18.5 Å². The highest BCUT2D eigenvalue weighted by Gasteiger charge is 2.05. The van der Waals surface area contributed by atoms with Crippen LogP contribution in [0.1, 0.15) is 19.4 Å². The lowest BCUT2D eigenvalue weighted by molar-refractivity contribution is 0.252. The molecule has 0 heterocycles. The maximum Gasteiger partial charge on any atom is 0.339 e. The zero-order valence-electron chi connectivity index (χ0n) is 14.1. The Labute approximate surface area is 151 Å². The van der Waals surface area contributed by atoms with Crippen molar-refractivity contribution in [1.29, 1.82) is 0 Å². The largest absolute Gasteiger partial charge is 0.494 e. The van der Waals surface area contributed by atoms with Gasteiger partial charge in [0.25, 0.3) is 0 Å². The number of hydrazone groups is 1. The number of nitrogens with one attached hydrogen (secondary N) is 2. The number of hydrogen-bond donors (Lipinski definition) is 2. The summed E-state index contributed by atoms with van der Waals surface area (Å²) in [6, 6.07) is 11.8. The molecule has 0 unspecified atom stereocenters. The molecule has 0 bridgehead atoms. The molecule has 2 aromatic carbocycles. The van der Waals surface area contributed by atoms with Crippen molar-refractivity contribution in [2.45, 2.75) is 13.8 Å². The summed E-state index contributed by atoms with van der Waals surface area (Å²) in [5.41, 5.74) is 3.71. The molecule has 2 amide bonds. The van der Waals surface area contributed by atoms with Crippen LogP contribution < -0.4 is 20.2 Å². The highest BCUT2D eigenvalue weighted by atomic mass is 35.5. The number of nitrogens with zero attached hydrogens (tertiary/aromatic N) is 1. The fourth-order valence-electron chi connectivity index (χ4n) is 2.04. The van der Waals surface area contributed by atoms with Gasteiger partial charge in [0.2, 0.25) is 0 Å². The van der Waals surface area contributed by atoms with E-state index in [9.17, 15) is 4.79 Å². The predicted molar refractivity (Wildman–Crippen MR) is 100.0 cm³/mol. The Morgan fingerprint density at radius 3 is 2.68 bits per heavy atom. The Morgan fingerprint density at radius 1 is 1.16 bits per heavy atom. The van der Waals surface area contributed by atoms with Crippen molar-refractivity contribution in [3.05, 3.63) is 53.1 Å². The Balaban J connectivity index is 1.99. The van der Waals surface area contributed by atoms with Crippen LogP contribution in [0.3, 0.4) is 0 Å². The Hall–Kier alpha value is -2.73. The lowest BCUT2D eigenvalue weighted by Crippen LogP contribution is -2.24. The van der Waals surface area contributed by atoms with Crippen molar-refractivity contribution in [1.82, 2.24) is 5.43 Å². The molecular formula is C18H20ClN3O3. The maximum atomic E-state index is 11.8. The average molecular weight is 362 g/mol. The first kappa shape index (κ1) is 18.6. The van der Waals surface area contributed by atoms with E-state index in [4.69, 9.17) is 21.1 Å². The average Bonchev–Trinajstić information content (AvgIpc) is 2.57. The molecule has 0 fully saturated rings. The minimum atomic E-state index is -0.470. The summed E-state index contributed by atoms with van der Waals surface area (Å²) in [6.07, 6.45) is 1.51. The molecule has 0 saturated heterocycles. The molecule has 0 aromatic heterocycles. The third-order valence-corrected chi connectivity index (χ3v) is 3.28. The molecule has 0 aliphatic rings. The van der Waals surface area contributed by atoms with Crippen molar-refractivity contribution >= 4 is 29.5 Å². The van der Waals surface area contributed by atoms with Gasteiger partial charge in [0, 0.05) is 22.3 Å². The van der Waals surface area contributed by atoms with Gasteiger partial charge in [-0.05, 0) is 44.2 Å². The quantitative estimate of drug-likeness (QED) is 0.570. The molecule has 0 saturated carbocycles. The number of anilines is 1. The number of urea groups is 1. The summed E-state index contributed by atoms with van der Waals surface area (Å²) >= 11 is 5.87. The summed E-state index contributed by atoms with van der Waals surface area (Å²) in [4.78, 5) is 11.8. The first-order valence-corrected chi connectivity index (χ1v) is 8.25. The molecule has 25 heavy (non-hydrogen) atoms. The number of benzene rings is 2. The minimum Gasteiger partial charge on any atom is -0.494 e. The number of ether oxygens (including phenoxy) is 2. The number of hydrogen-bond acceptors (Lipinski definition) is 4. The van der Waals surface area contributed by atoms with E-state index in [1.807, 2.05) is 26.0 Å². The molecule has 132 valence electrons. The maximum absolute atomic E-state index is 11.8. The number of halogens is 1. The highest BCUT2D eigenvalue weighted by molar-refractivity contribution is 6.30. The smallest absolute Gasteiger partial charge is 0.339 e. The summed E-state index contributed by atoms with van der Waals surface area (Å²) < 4.78 is 11.0. The molecular weight excluding hydrogens is 342 g/mol. The first-order valence-electron chi connectivity index (χ1n) is 7.87. The number of carbonyl (C=O) groups is 1. The molecule has 0 aliphatic heterocycles. The van der Waals surface area contributed by atoms with E-state index in [1.165, 1.54) is 6.21 Å². The van der Waals surface area contributed by atoms with E-state index in [2.05, 4.69) is 15.8 Å². The molecule has 2 aromatic rings. The van der Waals surface area contributed by atoms with E-state index in [-0.39, 0.29) is 0 Å². The van der Waals surface area contributed by atoms with Gasteiger partial charge < -0.3 is 14.8 Å². The van der Waals surface area contributed by atoms with Gasteiger partial charge in [-0.15, -0.1) is 0 Å². The van der Waals surface area contributed by atoms with Gasteiger partial charge >= 0.3 is 6.03 Å². The summed E-state index contributed by atoms with van der Waals surface area (Å²) in [6.45, 7) is 4.90. The van der Waals surface area contributed by atoms with Gasteiger partial charge in [-0.2, -0.15) is 5.10 Å². The molecule has 6 nitrogen and oxygen atoms in total. The van der Waals surface area contributed by atoms with E-state index in [0.29, 0.717) is 29.7 Å². The number of rotatable bonds is 7. The van der Waals surface area contributed by atoms with Crippen molar-refractivity contribution < 1.29 is 14.3 Å². The van der Waals surface area contributed by atoms with Crippen molar-refractivity contribution in [2.24, 2.45) is 5.10 Å². The zero-order chi connectivity index (χ0) is 18.1. The van der Waals surface area contributed by atoms with Crippen LogP contribution in [0.25, 0.3) is 0 Å². The van der Waals surface area contributed by atoms with E-state index in [0.717, 1.165) is 11.3 Å². The topological polar surface area (TPSA) is 72.0 Å². The summed E-state index contributed by atoms with van der Waals surface area (Å²) in [5.74, 6) is 1.35. The van der Waals surface area contributed by atoms with Gasteiger partial charge in [0.1, 0.15) is 11.5 Å². The monoisotopic (exact) mass is 361 g/mol. The molecule has 7 heteroatoms. The second kappa shape index (κ2) is 9.54. The normalized spacial score (nSPS) is 10.5. The highest BCUT2D eigenvalue weighted by Crippen LogP contribution is 2.24. The fourth-order valence-corrected chi connectivity index (χ4v) is 2.23. The third-order valence-electron chi connectivity index (χ3n) is 3.05. The van der Waals surface area contributed by atoms with Crippen molar-refractivity contribution in [3.63, 3.8) is 0 Å². The standard InChI is InChI=1S/C18H20ClN3O3/c1-3-24-16-9-8-13(17(11-16)25-4-2)12-20-22-18(23)21-15-7-5-6-14(19)10-15/h5-12H,3-4H2,1-2H3,(H2,21,22,23)/b20-12-. The van der Waals surface area contributed by atoms with E-state index < -0.39 is 6.03 Å². The SMILES string of the molecule is CCOc1ccc(/C=N\NC(=O)Nc2cccc(Cl)c2)c(OCC)c1. The van der Waals surface area contributed by atoms with E-state index in [1.54, 1.807) is 30.3 Å².